The Balaban J connectivity index is 1.79. The predicted octanol–water partition coefficient (Wildman–Crippen LogP) is 5.76. The SMILES string of the molecule is Cc1ccccc1N1C(c2cccc(-c3ccccc3)c2)=CN(C)C1C. The molecule has 3 aromatic carbocycles. The highest BCUT2D eigenvalue weighted by Gasteiger charge is 2.29. The molecule has 2 nitrogen and oxygen atoms in total. The number of nitrogens with zero attached hydrogens (tertiary/aromatic N) is 2. The monoisotopic (exact) mass is 340 g/mol. The minimum atomic E-state index is 0.284. The quantitative estimate of drug-likeness (QED) is 0.598. The largest absolute Gasteiger partial charge is 0.358 e. The molecule has 1 unspecified atom stereocenters. The van der Waals surface area contributed by atoms with Crippen molar-refractivity contribution in [1.82, 2.24) is 4.90 Å². The van der Waals surface area contributed by atoms with E-state index in [9.17, 15) is 0 Å². The molecule has 0 amide bonds. The van der Waals surface area contributed by atoms with Crippen LogP contribution < -0.4 is 4.90 Å². The molecule has 1 aliphatic rings. The van der Waals surface area contributed by atoms with Crippen molar-refractivity contribution in [2.75, 3.05) is 11.9 Å². The zero-order valence-electron chi connectivity index (χ0n) is 15.6. The van der Waals surface area contributed by atoms with Gasteiger partial charge in [0.15, 0.2) is 0 Å². The van der Waals surface area contributed by atoms with Crippen molar-refractivity contribution in [2.45, 2.75) is 20.0 Å². The number of para-hydroxylation sites is 1. The molecule has 0 radical (unpaired) electrons. The first-order chi connectivity index (χ1) is 12.6. The first kappa shape index (κ1) is 16.5. The summed E-state index contributed by atoms with van der Waals surface area (Å²) in [6, 6.07) is 28.0. The third kappa shape index (κ3) is 2.88. The van der Waals surface area contributed by atoms with Crippen LogP contribution in [0.1, 0.15) is 18.1 Å². The molecule has 26 heavy (non-hydrogen) atoms. The number of hydrogen-bond donors (Lipinski definition) is 0. The minimum Gasteiger partial charge on any atom is -0.358 e. The first-order valence-corrected chi connectivity index (χ1v) is 9.09. The smallest absolute Gasteiger partial charge is 0.103 e. The number of aryl methyl sites for hydroxylation is 1. The number of rotatable bonds is 3. The van der Waals surface area contributed by atoms with Crippen molar-refractivity contribution in [1.29, 1.82) is 0 Å². The summed E-state index contributed by atoms with van der Waals surface area (Å²) in [6.45, 7) is 4.43. The van der Waals surface area contributed by atoms with E-state index in [0.717, 1.165) is 0 Å². The van der Waals surface area contributed by atoms with Crippen LogP contribution in [0.5, 0.6) is 0 Å². The summed E-state index contributed by atoms with van der Waals surface area (Å²) in [7, 11) is 2.14. The minimum absolute atomic E-state index is 0.284. The molecule has 1 aliphatic heterocycles. The van der Waals surface area contributed by atoms with E-state index in [1.807, 2.05) is 0 Å². The molecule has 0 aliphatic carbocycles. The van der Waals surface area contributed by atoms with Gasteiger partial charge in [-0.2, -0.15) is 0 Å². The Morgan fingerprint density at radius 1 is 0.731 bits per heavy atom. The van der Waals surface area contributed by atoms with E-state index in [4.69, 9.17) is 0 Å². The average Bonchev–Trinajstić information content (AvgIpc) is 2.98. The Bertz CT molecular complexity index is 943. The molecular formula is C24H24N2. The maximum absolute atomic E-state index is 2.43. The highest BCUT2D eigenvalue weighted by Crippen LogP contribution is 2.37. The standard InChI is InChI=1S/C24H24N2/c1-18-10-7-8-15-23(18)26-19(2)25(3)17-24(26)22-14-9-13-21(16-22)20-11-5-4-6-12-20/h4-17,19H,1-3H3. The van der Waals surface area contributed by atoms with E-state index in [-0.39, 0.29) is 6.17 Å². The third-order valence-corrected chi connectivity index (χ3v) is 5.19. The van der Waals surface area contributed by atoms with Crippen molar-refractivity contribution >= 4 is 11.4 Å². The van der Waals surface area contributed by atoms with Crippen molar-refractivity contribution in [2.24, 2.45) is 0 Å². The van der Waals surface area contributed by atoms with Crippen LogP contribution in [0.3, 0.4) is 0 Å². The molecule has 0 aromatic heterocycles. The molecule has 0 fully saturated rings. The van der Waals surface area contributed by atoms with Gasteiger partial charge in [-0.1, -0.05) is 66.7 Å². The van der Waals surface area contributed by atoms with Crippen molar-refractivity contribution in [3.63, 3.8) is 0 Å². The fourth-order valence-electron chi connectivity index (χ4n) is 3.61. The lowest BCUT2D eigenvalue weighted by atomic mass is 10.0. The molecule has 1 atom stereocenters. The summed E-state index contributed by atoms with van der Waals surface area (Å²) in [4.78, 5) is 4.70. The predicted molar refractivity (Wildman–Crippen MR) is 111 cm³/mol. The zero-order valence-corrected chi connectivity index (χ0v) is 15.6. The van der Waals surface area contributed by atoms with Crippen molar-refractivity contribution < 1.29 is 0 Å². The van der Waals surface area contributed by atoms with Gasteiger partial charge in [-0.25, -0.2) is 0 Å². The molecule has 0 N–H and O–H groups in total. The molecule has 1 heterocycles. The summed E-state index contributed by atoms with van der Waals surface area (Å²) >= 11 is 0. The molecule has 4 rings (SSSR count). The Kier molecular flexibility index (Phi) is 4.26. The van der Waals surface area contributed by atoms with Gasteiger partial charge in [-0.3, -0.25) is 0 Å². The number of benzene rings is 3. The summed E-state index contributed by atoms with van der Waals surface area (Å²) in [6.07, 6.45) is 2.53. The maximum Gasteiger partial charge on any atom is 0.103 e. The van der Waals surface area contributed by atoms with Gasteiger partial charge < -0.3 is 9.80 Å². The first-order valence-electron chi connectivity index (χ1n) is 9.09. The van der Waals surface area contributed by atoms with Crippen LogP contribution >= 0.6 is 0 Å². The van der Waals surface area contributed by atoms with Crippen molar-refractivity contribution in [3.8, 4) is 11.1 Å². The maximum atomic E-state index is 2.43. The lowest BCUT2D eigenvalue weighted by molar-refractivity contribution is 0.383. The van der Waals surface area contributed by atoms with Gasteiger partial charge in [-0.15, -0.1) is 0 Å². The normalized spacial score (nSPS) is 16.7. The van der Waals surface area contributed by atoms with E-state index >= 15 is 0 Å². The van der Waals surface area contributed by atoms with E-state index in [1.54, 1.807) is 0 Å². The highest BCUT2D eigenvalue weighted by molar-refractivity contribution is 5.84. The molecule has 0 saturated carbocycles. The van der Waals surface area contributed by atoms with Gasteiger partial charge in [0.1, 0.15) is 6.17 Å². The second-order valence-electron chi connectivity index (χ2n) is 6.91. The van der Waals surface area contributed by atoms with Crippen LogP contribution in [0.4, 0.5) is 5.69 Å². The average molecular weight is 340 g/mol. The second kappa shape index (κ2) is 6.72. The van der Waals surface area contributed by atoms with E-state index in [2.05, 4.69) is 116 Å². The van der Waals surface area contributed by atoms with Crippen LogP contribution in [0, 0.1) is 6.92 Å². The molecule has 0 saturated heterocycles. The highest BCUT2D eigenvalue weighted by atomic mass is 15.4. The van der Waals surface area contributed by atoms with Crippen LogP contribution in [0.2, 0.25) is 0 Å². The van der Waals surface area contributed by atoms with E-state index < -0.39 is 0 Å². The molecule has 3 aromatic rings. The topological polar surface area (TPSA) is 6.48 Å². The summed E-state index contributed by atoms with van der Waals surface area (Å²) in [5.74, 6) is 0. The molecule has 2 heteroatoms. The Morgan fingerprint density at radius 2 is 1.38 bits per heavy atom. The van der Waals surface area contributed by atoms with Gasteiger partial charge >= 0.3 is 0 Å². The van der Waals surface area contributed by atoms with Gasteiger partial charge in [0.2, 0.25) is 0 Å². The van der Waals surface area contributed by atoms with Gasteiger partial charge in [0, 0.05) is 24.5 Å². The van der Waals surface area contributed by atoms with E-state index in [1.165, 1.54) is 33.6 Å². The summed E-state index contributed by atoms with van der Waals surface area (Å²) < 4.78 is 0. The molecule has 130 valence electrons. The Morgan fingerprint density at radius 3 is 2.15 bits per heavy atom. The van der Waals surface area contributed by atoms with Crippen LogP contribution in [-0.4, -0.2) is 18.1 Å². The van der Waals surface area contributed by atoms with E-state index in [0.29, 0.717) is 0 Å². The van der Waals surface area contributed by atoms with Crippen LogP contribution in [0.25, 0.3) is 16.8 Å². The van der Waals surface area contributed by atoms with Crippen LogP contribution in [-0.2, 0) is 0 Å². The lowest BCUT2D eigenvalue weighted by Crippen LogP contribution is -2.35. The van der Waals surface area contributed by atoms with Gasteiger partial charge in [0.25, 0.3) is 0 Å². The fraction of sp³-hybridized carbons (Fsp3) is 0.167. The molecule has 0 bridgehead atoms. The van der Waals surface area contributed by atoms with Gasteiger partial charge in [-0.05, 0) is 42.7 Å². The Hall–Kier alpha value is -3.00. The zero-order chi connectivity index (χ0) is 18.1. The summed E-state index contributed by atoms with van der Waals surface area (Å²) in [5, 5.41) is 0. The lowest BCUT2D eigenvalue weighted by Gasteiger charge is -2.31. The van der Waals surface area contributed by atoms with Gasteiger partial charge in [0.05, 0.1) is 5.70 Å². The summed E-state index contributed by atoms with van der Waals surface area (Å²) in [5.41, 5.74) is 7.53. The number of hydrogen-bond acceptors (Lipinski definition) is 2. The van der Waals surface area contributed by atoms with Crippen molar-refractivity contribution in [3.05, 3.63) is 96.2 Å². The third-order valence-electron chi connectivity index (χ3n) is 5.19. The Labute approximate surface area is 156 Å². The molecular weight excluding hydrogens is 316 g/mol. The second-order valence-corrected chi connectivity index (χ2v) is 6.91. The molecule has 0 spiro atoms. The fourth-order valence-corrected chi connectivity index (χ4v) is 3.61. The number of anilines is 1. The van der Waals surface area contributed by atoms with Crippen LogP contribution in [0.15, 0.2) is 85.1 Å².